The highest BCUT2D eigenvalue weighted by Gasteiger charge is 2.13. The Hall–Kier alpha value is 0.220. The summed E-state index contributed by atoms with van der Waals surface area (Å²) >= 11 is 12.0. The Balaban J connectivity index is 2.88. The molecular formula is C9H10Br2ClNO2S. The summed E-state index contributed by atoms with van der Waals surface area (Å²) in [5, 5.41) is 0. The number of nitrogens with one attached hydrogen (secondary N) is 1. The van der Waals surface area contributed by atoms with Crippen LogP contribution in [0, 0.1) is 0 Å². The SMILES string of the molecule is O=S(=O)(CCCCl)Nc1c(Br)cccc1Br. The van der Waals surface area contributed by atoms with Crippen LogP contribution in [0.25, 0.3) is 0 Å². The van der Waals surface area contributed by atoms with Gasteiger partial charge in [-0.3, -0.25) is 4.72 Å². The highest BCUT2D eigenvalue weighted by molar-refractivity contribution is 9.11. The molecule has 1 N–H and O–H groups in total. The van der Waals surface area contributed by atoms with Gasteiger partial charge in [-0.25, -0.2) is 8.42 Å². The number of sulfonamides is 1. The second kappa shape index (κ2) is 6.23. The quantitative estimate of drug-likeness (QED) is 0.780. The molecule has 0 saturated carbocycles. The van der Waals surface area contributed by atoms with Gasteiger partial charge in [-0.2, -0.15) is 0 Å². The summed E-state index contributed by atoms with van der Waals surface area (Å²) in [6.07, 6.45) is 0.430. The van der Waals surface area contributed by atoms with E-state index in [4.69, 9.17) is 11.6 Å². The molecule has 0 aliphatic heterocycles. The maximum absolute atomic E-state index is 11.7. The lowest BCUT2D eigenvalue weighted by atomic mass is 10.3. The molecule has 0 saturated heterocycles. The van der Waals surface area contributed by atoms with Crippen LogP contribution >= 0.6 is 43.5 Å². The molecule has 0 aliphatic carbocycles. The molecule has 0 aliphatic rings. The van der Waals surface area contributed by atoms with Crippen LogP contribution in [0.15, 0.2) is 27.1 Å². The number of rotatable bonds is 5. The molecule has 16 heavy (non-hydrogen) atoms. The zero-order chi connectivity index (χ0) is 12.2. The standard InChI is InChI=1S/C9H10Br2ClNO2S/c10-7-3-1-4-8(11)9(7)13-16(14,15)6-2-5-12/h1,3-4,13H,2,5-6H2. The highest BCUT2D eigenvalue weighted by Crippen LogP contribution is 2.31. The van der Waals surface area contributed by atoms with Crippen LogP contribution in [0.5, 0.6) is 0 Å². The number of hydrogen-bond donors (Lipinski definition) is 1. The van der Waals surface area contributed by atoms with E-state index in [0.29, 0.717) is 26.9 Å². The largest absolute Gasteiger partial charge is 0.281 e. The predicted molar refractivity (Wildman–Crippen MR) is 74.6 cm³/mol. The fourth-order valence-electron chi connectivity index (χ4n) is 1.05. The summed E-state index contributed by atoms with van der Waals surface area (Å²) in [6.45, 7) is 0. The van der Waals surface area contributed by atoms with E-state index in [1.54, 1.807) is 12.1 Å². The molecule has 0 heterocycles. The molecule has 0 spiro atoms. The van der Waals surface area contributed by atoms with Gasteiger partial charge in [-0.1, -0.05) is 6.07 Å². The Morgan fingerprint density at radius 2 is 1.81 bits per heavy atom. The van der Waals surface area contributed by atoms with Gasteiger partial charge in [0, 0.05) is 14.8 Å². The van der Waals surface area contributed by atoms with Gasteiger partial charge in [-0.15, -0.1) is 11.6 Å². The first kappa shape index (κ1) is 14.3. The number of benzene rings is 1. The van der Waals surface area contributed by atoms with Crippen LogP contribution in [0.3, 0.4) is 0 Å². The molecule has 7 heteroatoms. The first-order valence-electron chi connectivity index (χ1n) is 4.47. The van der Waals surface area contributed by atoms with E-state index in [2.05, 4.69) is 36.6 Å². The van der Waals surface area contributed by atoms with E-state index in [0.717, 1.165) is 0 Å². The topological polar surface area (TPSA) is 46.2 Å². The normalized spacial score (nSPS) is 11.4. The average molecular weight is 392 g/mol. The number of para-hydroxylation sites is 1. The average Bonchev–Trinajstić information content (AvgIpc) is 2.21. The van der Waals surface area contributed by atoms with Gasteiger partial charge < -0.3 is 0 Å². The molecular weight excluding hydrogens is 381 g/mol. The van der Waals surface area contributed by atoms with Gasteiger partial charge in [0.15, 0.2) is 0 Å². The van der Waals surface area contributed by atoms with Crippen molar-refractivity contribution in [1.29, 1.82) is 0 Å². The second-order valence-electron chi connectivity index (χ2n) is 3.06. The van der Waals surface area contributed by atoms with Crippen LogP contribution in [0.1, 0.15) is 6.42 Å². The lowest BCUT2D eigenvalue weighted by Gasteiger charge is -2.10. The minimum absolute atomic E-state index is 0.0181. The van der Waals surface area contributed by atoms with E-state index in [9.17, 15) is 8.42 Å². The van der Waals surface area contributed by atoms with E-state index < -0.39 is 10.0 Å². The highest BCUT2D eigenvalue weighted by atomic mass is 79.9. The predicted octanol–water partition coefficient (Wildman–Crippen LogP) is 3.58. The van der Waals surface area contributed by atoms with Crippen LogP contribution in [-0.4, -0.2) is 20.1 Å². The summed E-state index contributed by atoms with van der Waals surface area (Å²) in [6, 6.07) is 5.35. The first-order valence-corrected chi connectivity index (χ1v) is 8.24. The van der Waals surface area contributed by atoms with E-state index in [1.807, 2.05) is 6.07 Å². The van der Waals surface area contributed by atoms with Crippen molar-refractivity contribution in [2.24, 2.45) is 0 Å². The molecule has 0 aromatic heterocycles. The Labute approximate surface area is 117 Å². The van der Waals surface area contributed by atoms with Crippen molar-refractivity contribution in [1.82, 2.24) is 0 Å². The Bertz CT molecular complexity index is 444. The van der Waals surface area contributed by atoms with E-state index in [1.165, 1.54) is 0 Å². The number of halogens is 3. The molecule has 0 unspecified atom stereocenters. The lowest BCUT2D eigenvalue weighted by Crippen LogP contribution is -2.17. The van der Waals surface area contributed by atoms with E-state index >= 15 is 0 Å². The minimum Gasteiger partial charge on any atom is -0.281 e. The summed E-state index contributed by atoms with van der Waals surface area (Å²) in [5.41, 5.74) is 0.511. The zero-order valence-electron chi connectivity index (χ0n) is 8.21. The number of alkyl halides is 1. The van der Waals surface area contributed by atoms with Gasteiger partial charge >= 0.3 is 0 Å². The fourth-order valence-corrected chi connectivity index (χ4v) is 3.96. The maximum atomic E-state index is 11.7. The first-order chi connectivity index (χ1) is 7.46. The summed E-state index contributed by atoms with van der Waals surface area (Å²) in [4.78, 5) is 0. The third-order valence-electron chi connectivity index (χ3n) is 1.77. The molecule has 1 aromatic rings. The van der Waals surface area contributed by atoms with Crippen molar-refractivity contribution in [3.05, 3.63) is 27.1 Å². The number of anilines is 1. The summed E-state index contributed by atoms with van der Waals surface area (Å²) in [5.74, 6) is 0.350. The van der Waals surface area contributed by atoms with Gasteiger partial charge in [-0.05, 0) is 50.4 Å². The van der Waals surface area contributed by atoms with Gasteiger partial charge in [0.05, 0.1) is 11.4 Å². The third kappa shape index (κ3) is 4.24. The molecule has 0 atom stereocenters. The molecule has 3 nitrogen and oxygen atoms in total. The Kier molecular flexibility index (Phi) is 5.56. The monoisotopic (exact) mass is 389 g/mol. The van der Waals surface area contributed by atoms with Crippen molar-refractivity contribution in [3.8, 4) is 0 Å². The van der Waals surface area contributed by atoms with Gasteiger partial charge in [0.2, 0.25) is 10.0 Å². The zero-order valence-corrected chi connectivity index (χ0v) is 13.0. The van der Waals surface area contributed by atoms with Gasteiger partial charge in [0.25, 0.3) is 0 Å². The molecule has 90 valence electrons. The molecule has 0 fully saturated rings. The number of hydrogen-bond acceptors (Lipinski definition) is 2. The Morgan fingerprint density at radius 3 is 2.31 bits per heavy atom. The van der Waals surface area contributed by atoms with Crippen LogP contribution in [-0.2, 0) is 10.0 Å². The van der Waals surface area contributed by atoms with Crippen LogP contribution < -0.4 is 4.72 Å². The summed E-state index contributed by atoms with van der Waals surface area (Å²) in [7, 11) is -3.34. The fraction of sp³-hybridized carbons (Fsp3) is 0.333. The van der Waals surface area contributed by atoms with Gasteiger partial charge in [0.1, 0.15) is 0 Å². The minimum atomic E-state index is -3.34. The van der Waals surface area contributed by atoms with Crippen LogP contribution in [0.2, 0.25) is 0 Å². The molecule has 0 amide bonds. The van der Waals surface area contributed by atoms with Crippen LogP contribution in [0.4, 0.5) is 5.69 Å². The van der Waals surface area contributed by atoms with Crippen molar-refractivity contribution in [2.45, 2.75) is 6.42 Å². The van der Waals surface area contributed by atoms with Crippen molar-refractivity contribution < 1.29 is 8.42 Å². The summed E-state index contributed by atoms with van der Waals surface area (Å²) < 4.78 is 27.2. The molecule has 1 rings (SSSR count). The lowest BCUT2D eigenvalue weighted by molar-refractivity contribution is 0.600. The van der Waals surface area contributed by atoms with Crippen molar-refractivity contribution in [3.63, 3.8) is 0 Å². The smallest absolute Gasteiger partial charge is 0.232 e. The Morgan fingerprint density at radius 1 is 1.25 bits per heavy atom. The molecule has 0 radical (unpaired) electrons. The van der Waals surface area contributed by atoms with Crippen molar-refractivity contribution >= 4 is 59.2 Å². The second-order valence-corrected chi connectivity index (χ2v) is 6.99. The molecule has 1 aromatic carbocycles. The maximum Gasteiger partial charge on any atom is 0.232 e. The third-order valence-corrected chi connectivity index (χ3v) is 4.70. The van der Waals surface area contributed by atoms with E-state index in [-0.39, 0.29) is 5.75 Å². The molecule has 0 bridgehead atoms. The van der Waals surface area contributed by atoms with Crippen molar-refractivity contribution in [2.75, 3.05) is 16.4 Å².